The van der Waals surface area contributed by atoms with Gasteiger partial charge >= 0.3 is 0 Å². The van der Waals surface area contributed by atoms with E-state index in [4.69, 9.17) is 14.3 Å². The first-order chi connectivity index (χ1) is 10.3. The number of nitrogens with one attached hydrogen (secondary N) is 1. The molecule has 0 spiro atoms. The Hall–Kier alpha value is -2.53. The molecule has 2 rings (SSSR count). The van der Waals surface area contributed by atoms with Gasteiger partial charge < -0.3 is 9.47 Å². The van der Waals surface area contributed by atoms with E-state index in [-0.39, 0.29) is 5.91 Å². The van der Waals surface area contributed by atoms with Crippen LogP contribution in [-0.2, 0) is 11.4 Å². The van der Waals surface area contributed by atoms with E-state index in [0.717, 1.165) is 5.56 Å². The Morgan fingerprint density at radius 3 is 2.43 bits per heavy atom. The van der Waals surface area contributed by atoms with Crippen LogP contribution in [0.2, 0.25) is 0 Å². The van der Waals surface area contributed by atoms with Crippen molar-refractivity contribution >= 4 is 5.91 Å². The summed E-state index contributed by atoms with van der Waals surface area (Å²) in [5, 5.41) is 0. The molecule has 0 atom stereocenters. The Morgan fingerprint density at radius 2 is 1.76 bits per heavy atom. The fraction of sp³-hybridized carbons (Fsp3) is 0.188. The molecule has 0 heterocycles. The molecular weight excluding hydrogens is 270 g/mol. The number of ether oxygens (including phenoxy) is 2. The summed E-state index contributed by atoms with van der Waals surface area (Å²) in [5.74, 6) is 0.482. The van der Waals surface area contributed by atoms with E-state index in [1.54, 1.807) is 18.2 Å². The SMILES string of the molecule is COc1cccc(C(=O)NOCc2ccccc2)c1OC. The monoisotopic (exact) mass is 287 g/mol. The van der Waals surface area contributed by atoms with Crippen molar-refractivity contribution in [3.63, 3.8) is 0 Å². The molecule has 1 N–H and O–H groups in total. The van der Waals surface area contributed by atoms with Crippen molar-refractivity contribution in [2.24, 2.45) is 0 Å². The fourth-order valence-electron chi connectivity index (χ4n) is 1.88. The molecule has 0 saturated heterocycles. The molecule has 0 saturated carbocycles. The van der Waals surface area contributed by atoms with Gasteiger partial charge in [0.15, 0.2) is 11.5 Å². The molecule has 0 unspecified atom stereocenters. The Morgan fingerprint density at radius 1 is 1.00 bits per heavy atom. The summed E-state index contributed by atoms with van der Waals surface area (Å²) >= 11 is 0. The quantitative estimate of drug-likeness (QED) is 0.830. The van der Waals surface area contributed by atoms with Crippen LogP contribution in [0.3, 0.4) is 0 Å². The number of methoxy groups -OCH3 is 2. The van der Waals surface area contributed by atoms with Gasteiger partial charge in [-0.25, -0.2) is 5.48 Å². The van der Waals surface area contributed by atoms with Crippen LogP contribution in [0.1, 0.15) is 15.9 Å². The maximum atomic E-state index is 12.1. The molecular formula is C16H17NO4. The molecule has 1 amide bonds. The molecule has 2 aromatic carbocycles. The highest BCUT2D eigenvalue weighted by atomic mass is 16.6. The highest BCUT2D eigenvalue weighted by molar-refractivity contribution is 5.97. The summed E-state index contributed by atoms with van der Waals surface area (Å²) < 4.78 is 10.4. The van der Waals surface area contributed by atoms with Crippen molar-refractivity contribution in [1.29, 1.82) is 0 Å². The summed E-state index contributed by atoms with van der Waals surface area (Å²) in [6.07, 6.45) is 0. The Bertz CT molecular complexity index is 598. The molecule has 2 aromatic rings. The molecule has 0 aromatic heterocycles. The number of carbonyl (C=O) groups is 1. The van der Waals surface area contributed by atoms with Gasteiger partial charge in [-0.2, -0.15) is 0 Å². The molecule has 0 aliphatic carbocycles. The van der Waals surface area contributed by atoms with Gasteiger partial charge in [-0.05, 0) is 17.7 Å². The van der Waals surface area contributed by atoms with Crippen molar-refractivity contribution < 1.29 is 19.1 Å². The van der Waals surface area contributed by atoms with Crippen molar-refractivity contribution in [3.8, 4) is 11.5 Å². The first-order valence-electron chi connectivity index (χ1n) is 6.43. The van der Waals surface area contributed by atoms with E-state index in [0.29, 0.717) is 23.7 Å². The first kappa shape index (κ1) is 14.9. The third-order valence-corrected chi connectivity index (χ3v) is 2.89. The van der Waals surface area contributed by atoms with Crippen LogP contribution >= 0.6 is 0 Å². The maximum Gasteiger partial charge on any atom is 0.278 e. The molecule has 0 bridgehead atoms. The summed E-state index contributed by atoms with van der Waals surface area (Å²) in [7, 11) is 3.00. The fourth-order valence-corrected chi connectivity index (χ4v) is 1.88. The standard InChI is InChI=1S/C16H17NO4/c1-19-14-10-6-9-13(15(14)20-2)16(18)17-21-11-12-7-4-3-5-8-12/h3-10H,11H2,1-2H3,(H,17,18). The zero-order valence-corrected chi connectivity index (χ0v) is 12.0. The van der Waals surface area contributed by atoms with Crippen LogP contribution in [0.5, 0.6) is 11.5 Å². The lowest BCUT2D eigenvalue weighted by Gasteiger charge is -2.12. The number of carbonyl (C=O) groups excluding carboxylic acids is 1. The molecule has 21 heavy (non-hydrogen) atoms. The van der Waals surface area contributed by atoms with E-state index in [2.05, 4.69) is 5.48 Å². The summed E-state index contributed by atoms with van der Waals surface area (Å²) in [6, 6.07) is 14.6. The second-order valence-corrected chi connectivity index (χ2v) is 4.25. The van der Waals surface area contributed by atoms with Crippen molar-refractivity contribution in [2.45, 2.75) is 6.61 Å². The number of benzene rings is 2. The first-order valence-corrected chi connectivity index (χ1v) is 6.43. The highest BCUT2D eigenvalue weighted by Gasteiger charge is 2.16. The van der Waals surface area contributed by atoms with E-state index < -0.39 is 0 Å². The number of amides is 1. The highest BCUT2D eigenvalue weighted by Crippen LogP contribution is 2.30. The number of para-hydroxylation sites is 1. The second kappa shape index (κ2) is 7.31. The topological polar surface area (TPSA) is 56.8 Å². The van der Waals surface area contributed by atoms with E-state index in [1.807, 2.05) is 30.3 Å². The third kappa shape index (κ3) is 3.73. The molecule has 110 valence electrons. The second-order valence-electron chi connectivity index (χ2n) is 4.25. The number of hydrogen-bond donors (Lipinski definition) is 1. The minimum Gasteiger partial charge on any atom is -0.493 e. The van der Waals surface area contributed by atoms with Crippen LogP contribution in [-0.4, -0.2) is 20.1 Å². The lowest BCUT2D eigenvalue weighted by molar-refractivity contribution is 0.0231. The largest absolute Gasteiger partial charge is 0.493 e. The predicted molar refractivity (Wildman–Crippen MR) is 78.2 cm³/mol. The zero-order valence-electron chi connectivity index (χ0n) is 12.0. The minimum absolute atomic E-state index is 0.291. The van der Waals surface area contributed by atoms with Gasteiger partial charge in [-0.3, -0.25) is 9.63 Å². The molecule has 0 aliphatic rings. The normalized spacial score (nSPS) is 10.0. The van der Waals surface area contributed by atoms with Gasteiger partial charge in [0.1, 0.15) is 0 Å². The molecule has 0 aliphatic heterocycles. The van der Waals surface area contributed by atoms with Gasteiger partial charge in [-0.15, -0.1) is 0 Å². The molecule has 0 radical (unpaired) electrons. The average Bonchev–Trinajstić information content (AvgIpc) is 2.54. The van der Waals surface area contributed by atoms with Gasteiger partial charge in [0, 0.05) is 0 Å². The van der Waals surface area contributed by atoms with Crippen LogP contribution in [0, 0.1) is 0 Å². The number of hydrogen-bond acceptors (Lipinski definition) is 4. The molecule has 5 heteroatoms. The maximum absolute atomic E-state index is 12.1. The van der Waals surface area contributed by atoms with Gasteiger partial charge in [-0.1, -0.05) is 36.4 Å². The minimum atomic E-state index is -0.387. The van der Waals surface area contributed by atoms with Crippen LogP contribution in [0.4, 0.5) is 0 Å². The Balaban J connectivity index is 2.00. The van der Waals surface area contributed by atoms with E-state index in [9.17, 15) is 4.79 Å². The average molecular weight is 287 g/mol. The lowest BCUT2D eigenvalue weighted by atomic mass is 10.2. The Kier molecular flexibility index (Phi) is 5.17. The smallest absolute Gasteiger partial charge is 0.278 e. The number of rotatable bonds is 6. The van der Waals surface area contributed by atoms with Crippen molar-refractivity contribution in [1.82, 2.24) is 5.48 Å². The van der Waals surface area contributed by atoms with Crippen LogP contribution in [0.15, 0.2) is 48.5 Å². The molecule has 0 fully saturated rings. The summed E-state index contributed by atoms with van der Waals surface area (Å²) in [5.41, 5.74) is 3.72. The molecule has 5 nitrogen and oxygen atoms in total. The third-order valence-electron chi connectivity index (χ3n) is 2.89. The van der Waals surface area contributed by atoms with Gasteiger partial charge in [0.05, 0.1) is 26.4 Å². The summed E-state index contributed by atoms with van der Waals surface area (Å²) in [4.78, 5) is 17.3. The van der Waals surface area contributed by atoms with Gasteiger partial charge in [0.25, 0.3) is 5.91 Å². The van der Waals surface area contributed by atoms with Crippen LogP contribution in [0.25, 0.3) is 0 Å². The lowest BCUT2D eigenvalue weighted by Crippen LogP contribution is -2.24. The number of hydroxylamine groups is 1. The summed E-state index contributed by atoms with van der Waals surface area (Å²) in [6.45, 7) is 0.291. The Labute approximate surface area is 123 Å². The predicted octanol–water partition coefficient (Wildman–Crippen LogP) is 2.57. The zero-order chi connectivity index (χ0) is 15.1. The van der Waals surface area contributed by atoms with Crippen molar-refractivity contribution in [3.05, 3.63) is 59.7 Å². The van der Waals surface area contributed by atoms with Gasteiger partial charge in [0.2, 0.25) is 0 Å². The van der Waals surface area contributed by atoms with Crippen LogP contribution < -0.4 is 15.0 Å². The van der Waals surface area contributed by atoms with E-state index in [1.165, 1.54) is 14.2 Å². The van der Waals surface area contributed by atoms with Crippen molar-refractivity contribution in [2.75, 3.05) is 14.2 Å². The van der Waals surface area contributed by atoms with E-state index >= 15 is 0 Å².